The molecule has 0 aromatic heterocycles. The molecule has 1 atom stereocenters. The molecule has 0 saturated carbocycles. The number of hydrogen-bond acceptors (Lipinski definition) is 4. The van der Waals surface area contributed by atoms with Crippen molar-refractivity contribution >= 4 is 17.7 Å². The average Bonchev–Trinajstić information content (AvgIpc) is 2.15. The van der Waals surface area contributed by atoms with Crippen LogP contribution in [0.2, 0.25) is 0 Å². The van der Waals surface area contributed by atoms with Crippen molar-refractivity contribution in [3.05, 3.63) is 12.2 Å². The van der Waals surface area contributed by atoms with Gasteiger partial charge in [0.25, 0.3) is 0 Å². The van der Waals surface area contributed by atoms with E-state index in [2.05, 4.69) is 6.58 Å². The minimum atomic E-state index is -0.334. The molecule has 1 fully saturated rings. The van der Waals surface area contributed by atoms with E-state index in [0.29, 0.717) is 12.2 Å². The Labute approximate surface area is 82.5 Å². The van der Waals surface area contributed by atoms with Gasteiger partial charge in [-0.3, -0.25) is 0 Å². The molecule has 1 rings (SSSR count). The van der Waals surface area contributed by atoms with E-state index >= 15 is 0 Å². The van der Waals surface area contributed by atoms with E-state index in [9.17, 15) is 4.79 Å². The van der Waals surface area contributed by atoms with Gasteiger partial charge in [0.1, 0.15) is 12.7 Å². The largest absolute Gasteiger partial charge is 0.460 e. The number of thioether (sulfide) groups is 1. The van der Waals surface area contributed by atoms with E-state index in [0.717, 1.165) is 18.1 Å². The molecule has 1 heterocycles. The van der Waals surface area contributed by atoms with Crippen molar-refractivity contribution in [1.29, 1.82) is 0 Å². The summed E-state index contributed by atoms with van der Waals surface area (Å²) in [7, 11) is 0. The maximum atomic E-state index is 11.0. The van der Waals surface area contributed by atoms with E-state index in [-0.39, 0.29) is 12.1 Å². The number of esters is 1. The van der Waals surface area contributed by atoms with Crippen LogP contribution in [0.3, 0.4) is 0 Å². The van der Waals surface area contributed by atoms with Gasteiger partial charge in [0.15, 0.2) is 0 Å². The van der Waals surface area contributed by atoms with Crippen LogP contribution in [0.15, 0.2) is 12.2 Å². The smallest absolute Gasteiger partial charge is 0.333 e. The number of hydrogen-bond donors (Lipinski definition) is 0. The Kier molecular flexibility index (Phi) is 4.32. The van der Waals surface area contributed by atoms with Crippen LogP contribution >= 0.6 is 11.8 Å². The second-order valence-corrected chi connectivity index (χ2v) is 4.10. The molecule has 1 aliphatic heterocycles. The first-order chi connectivity index (χ1) is 6.20. The van der Waals surface area contributed by atoms with Crippen LogP contribution in [0.4, 0.5) is 0 Å². The van der Waals surface area contributed by atoms with E-state index in [4.69, 9.17) is 9.47 Å². The zero-order chi connectivity index (χ0) is 9.68. The molecule has 3 nitrogen and oxygen atoms in total. The van der Waals surface area contributed by atoms with Crippen LogP contribution < -0.4 is 0 Å². The van der Waals surface area contributed by atoms with Gasteiger partial charge in [-0.25, -0.2) is 4.79 Å². The quantitative estimate of drug-likeness (QED) is 0.509. The molecule has 0 bridgehead atoms. The molecular formula is C9H14O3S. The predicted octanol–water partition coefficient (Wildman–Crippen LogP) is 1.24. The summed E-state index contributed by atoms with van der Waals surface area (Å²) in [4.78, 5) is 11.0. The van der Waals surface area contributed by atoms with Gasteiger partial charge in [-0.2, -0.15) is 11.8 Å². The Morgan fingerprint density at radius 1 is 1.77 bits per heavy atom. The van der Waals surface area contributed by atoms with Crippen LogP contribution in [-0.2, 0) is 14.3 Å². The molecule has 0 aliphatic carbocycles. The number of ether oxygens (including phenoxy) is 2. The van der Waals surface area contributed by atoms with Crippen molar-refractivity contribution in [2.24, 2.45) is 0 Å². The predicted molar refractivity (Wildman–Crippen MR) is 52.8 cm³/mol. The summed E-state index contributed by atoms with van der Waals surface area (Å²) in [5.74, 6) is 1.60. The van der Waals surface area contributed by atoms with Gasteiger partial charge in [0.2, 0.25) is 0 Å². The highest BCUT2D eigenvalue weighted by molar-refractivity contribution is 7.99. The van der Waals surface area contributed by atoms with Gasteiger partial charge >= 0.3 is 5.97 Å². The first-order valence-corrected chi connectivity index (χ1v) is 5.37. The lowest BCUT2D eigenvalue weighted by Crippen LogP contribution is -2.29. The van der Waals surface area contributed by atoms with Gasteiger partial charge in [-0.15, -0.1) is 0 Å². The molecule has 74 valence electrons. The summed E-state index contributed by atoms with van der Waals surface area (Å²) in [5.41, 5.74) is 0.434. The van der Waals surface area contributed by atoms with Crippen molar-refractivity contribution < 1.29 is 14.3 Å². The normalized spacial score (nSPS) is 22.4. The summed E-state index contributed by atoms with van der Waals surface area (Å²) < 4.78 is 10.3. The summed E-state index contributed by atoms with van der Waals surface area (Å²) in [6, 6.07) is 0. The Morgan fingerprint density at radius 3 is 3.08 bits per heavy atom. The monoisotopic (exact) mass is 202 g/mol. The zero-order valence-corrected chi connectivity index (χ0v) is 8.56. The van der Waals surface area contributed by atoms with Crippen molar-refractivity contribution in [2.45, 2.75) is 13.0 Å². The van der Waals surface area contributed by atoms with E-state index in [1.807, 2.05) is 11.8 Å². The molecule has 0 N–H and O–H groups in total. The minimum absolute atomic E-state index is 0.0575. The van der Waals surface area contributed by atoms with Gasteiger partial charge in [0.05, 0.1) is 6.61 Å². The summed E-state index contributed by atoms with van der Waals surface area (Å²) in [5, 5.41) is 0. The van der Waals surface area contributed by atoms with Crippen LogP contribution in [0, 0.1) is 0 Å². The van der Waals surface area contributed by atoms with E-state index in [1.54, 1.807) is 6.92 Å². The van der Waals surface area contributed by atoms with E-state index in [1.165, 1.54) is 0 Å². The molecule has 0 radical (unpaired) electrons. The highest BCUT2D eigenvalue weighted by Crippen LogP contribution is 2.12. The lowest BCUT2D eigenvalue weighted by molar-refractivity contribution is -0.142. The molecule has 0 amide bonds. The molecule has 13 heavy (non-hydrogen) atoms. The fourth-order valence-corrected chi connectivity index (χ4v) is 1.76. The Hall–Kier alpha value is -0.480. The average molecular weight is 202 g/mol. The third-order valence-corrected chi connectivity index (χ3v) is 2.70. The minimum Gasteiger partial charge on any atom is -0.460 e. The van der Waals surface area contributed by atoms with Crippen molar-refractivity contribution in [2.75, 3.05) is 24.7 Å². The number of carbonyl (C=O) groups is 1. The Morgan fingerprint density at radius 2 is 2.54 bits per heavy atom. The Bertz CT molecular complexity index is 197. The maximum absolute atomic E-state index is 11.0. The maximum Gasteiger partial charge on any atom is 0.333 e. The van der Waals surface area contributed by atoms with Crippen LogP contribution in [0.1, 0.15) is 6.92 Å². The molecule has 0 spiro atoms. The third-order valence-electron chi connectivity index (χ3n) is 1.63. The summed E-state index contributed by atoms with van der Waals surface area (Å²) >= 11 is 1.82. The topological polar surface area (TPSA) is 35.5 Å². The number of carbonyl (C=O) groups excluding carboxylic acids is 1. The summed E-state index contributed by atoms with van der Waals surface area (Å²) in [6.45, 7) is 6.23. The zero-order valence-electron chi connectivity index (χ0n) is 7.75. The van der Waals surface area contributed by atoms with Gasteiger partial charge in [0, 0.05) is 17.1 Å². The van der Waals surface area contributed by atoms with Crippen LogP contribution in [0.25, 0.3) is 0 Å². The molecule has 0 aromatic rings. The molecule has 1 saturated heterocycles. The molecule has 1 aliphatic rings. The molecule has 1 unspecified atom stereocenters. The highest BCUT2D eigenvalue weighted by atomic mass is 32.2. The second kappa shape index (κ2) is 5.29. The first kappa shape index (κ1) is 10.6. The fraction of sp³-hybridized carbons (Fsp3) is 0.667. The van der Waals surface area contributed by atoms with E-state index < -0.39 is 0 Å². The van der Waals surface area contributed by atoms with Gasteiger partial charge in [-0.1, -0.05) is 6.58 Å². The number of rotatable bonds is 3. The molecule has 4 heteroatoms. The van der Waals surface area contributed by atoms with Crippen molar-refractivity contribution in [3.63, 3.8) is 0 Å². The van der Waals surface area contributed by atoms with Gasteiger partial charge < -0.3 is 9.47 Å². The third kappa shape index (κ3) is 3.83. The molecule has 0 aromatic carbocycles. The lowest BCUT2D eigenvalue weighted by Gasteiger charge is -2.21. The Balaban J connectivity index is 2.17. The van der Waals surface area contributed by atoms with Gasteiger partial charge in [-0.05, 0) is 6.92 Å². The van der Waals surface area contributed by atoms with Crippen molar-refractivity contribution in [1.82, 2.24) is 0 Å². The fourth-order valence-electron chi connectivity index (χ4n) is 0.925. The SMILES string of the molecule is C=C(C)C(=O)OCC1CSCCO1. The lowest BCUT2D eigenvalue weighted by atomic mass is 10.3. The molecular weight excluding hydrogens is 188 g/mol. The van der Waals surface area contributed by atoms with Crippen LogP contribution in [0.5, 0.6) is 0 Å². The van der Waals surface area contributed by atoms with Crippen molar-refractivity contribution in [3.8, 4) is 0 Å². The standard InChI is InChI=1S/C9H14O3S/c1-7(2)9(10)12-5-8-6-13-4-3-11-8/h8H,1,3-6H2,2H3. The summed E-state index contributed by atoms with van der Waals surface area (Å²) in [6.07, 6.45) is 0.0575. The second-order valence-electron chi connectivity index (χ2n) is 2.95. The first-order valence-electron chi connectivity index (χ1n) is 4.22. The highest BCUT2D eigenvalue weighted by Gasteiger charge is 2.16. The van der Waals surface area contributed by atoms with Crippen LogP contribution in [-0.4, -0.2) is 36.8 Å².